The fourth-order valence-electron chi connectivity index (χ4n) is 1.18. The Morgan fingerprint density at radius 2 is 1.67 bits per heavy atom. The number of carbonyl (C=O) groups is 1. The molecule has 0 amide bonds. The van der Waals surface area contributed by atoms with Gasteiger partial charge in [0.05, 0.1) is 5.56 Å². The molecule has 1 radical (unpaired) electrons. The van der Waals surface area contributed by atoms with Crippen molar-refractivity contribution in [3.05, 3.63) is 66.2 Å². The highest BCUT2D eigenvalue weighted by Crippen LogP contribution is 2.11. The topological polar surface area (TPSA) is 26.3 Å². The summed E-state index contributed by atoms with van der Waals surface area (Å²) in [4.78, 5) is 11.6. The molecule has 0 aliphatic heterocycles. The van der Waals surface area contributed by atoms with E-state index in [1.165, 1.54) is 0 Å². The van der Waals surface area contributed by atoms with Crippen LogP contribution >= 0.6 is 0 Å². The highest BCUT2D eigenvalue weighted by Gasteiger charge is 2.06. The van der Waals surface area contributed by atoms with Crippen LogP contribution in [0.2, 0.25) is 0 Å². The highest BCUT2D eigenvalue weighted by molar-refractivity contribution is 5.90. The minimum Gasteiger partial charge on any atom is -0.423 e. The van der Waals surface area contributed by atoms with Crippen molar-refractivity contribution in [2.75, 3.05) is 0 Å². The van der Waals surface area contributed by atoms with Crippen molar-refractivity contribution in [2.24, 2.45) is 0 Å². The van der Waals surface area contributed by atoms with Gasteiger partial charge in [0.1, 0.15) is 5.75 Å². The Bertz CT molecular complexity index is 435. The molecule has 15 heavy (non-hydrogen) atoms. The van der Waals surface area contributed by atoms with Crippen LogP contribution in [0.5, 0.6) is 5.75 Å². The molecule has 73 valence electrons. The van der Waals surface area contributed by atoms with E-state index in [1.807, 2.05) is 6.07 Å². The van der Waals surface area contributed by atoms with Gasteiger partial charge in [0.15, 0.2) is 0 Å². The van der Waals surface area contributed by atoms with E-state index in [9.17, 15) is 4.79 Å². The van der Waals surface area contributed by atoms with Crippen LogP contribution in [0.25, 0.3) is 0 Å². The summed E-state index contributed by atoms with van der Waals surface area (Å²) in [5.74, 6) is 0.185. The van der Waals surface area contributed by atoms with E-state index in [1.54, 1.807) is 48.5 Å². The third-order valence-corrected chi connectivity index (χ3v) is 1.91. The van der Waals surface area contributed by atoms with Crippen LogP contribution in [0.4, 0.5) is 0 Å². The Labute approximate surface area is 88.1 Å². The van der Waals surface area contributed by atoms with Crippen molar-refractivity contribution >= 4 is 5.97 Å². The molecule has 0 aliphatic carbocycles. The Kier molecular flexibility index (Phi) is 2.79. The summed E-state index contributed by atoms with van der Waals surface area (Å²) in [5, 5.41) is 0. The SMILES string of the molecule is O=C(Oc1cc[c]cc1)c1ccccc1. The van der Waals surface area contributed by atoms with Gasteiger partial charge in [-0.1, -0.05) is 30.3 Å². The first-order valence-electron chi connectivity index (χ1n) is 4.59. The lowest BCUT2D eigenvalue weighted by Gasteiger charge is -2.02. The second-order valence-electron chi connectivity index (χ2n) is 2.99. The minimum absolute atomic E-state index is 0.346. The van der Waals surface area contributed by atoms with Crippen molar-refractivity contribution < 1.29 is 9.53 Å². The van der Waals surface area contributed by atoms with Crippen LogP contribution in [-0.4, -0.2) is 5.97 Å². The predicted octanol–water partition coefficient (Wildman–Crippen LogP) is 2.71. The molecule has 2 aromatic rings. The number of esters is 1. The van der Waals surface area contributed by atoms with Gasteiger partial charge in [0, 0.05) is 0 Å². The predicted molar refractivity (Wildman–Crippen MR) is 56.7 cm³/mol. The summed E-state index contributed by atoms with van der Waals surface area (Å²) in [6.07, 6.45) is 0. The first-order chi connectivity index (χ1) is 7.36. The van der Waals surface area contributed by atoms with Gasteiger partial charge in [-0.2, -0.15) is 0 Å². The van der Waals surface area contributed by atoms with Crippen molar-refractivity contribution in [3.63, 3.8) is 0 Å². The number of carbonyl (C=O) groups excluding carboxylic acids is 1. The van der Waals surface area contributed by atoms with Crippen LogP contribution in [-0.2, 0) is 0 Å². The zero-order valence-corrected chi connectivity index (χ0v) is 8.01. The summed E-state index contributed by atoms with van der Waals surface area (Å²) in [6.45, 7) is 0. The molecule has 0 N–H and O–H groups in total. The van der Waals surface area contributed by atoms with E-state index in [0.29, 0.717) is 11.3 Å². The van der Waals surface area contributed by atoms with E-state index in [-0.39, 0.29) is 5.97 Å². The van der Waals surface area contributed by atoms with E-state index >= 15 is 0 Å². The number of benzene rings is 2. The van der Waals surface area contributed by atoms with Gasteiger partial charge in [0.25, 0.3) is 0 Å². The summed E-state index contributed by atoms with van der Waals surface area (Å²) in [5.41, 5.74) is 0.547. The standard InChI is InChI=1S/C13H9O2/c14-13(11-7-3-1-4-8-11)15-12-9-5-2-6-10-12/h1,3-10H. The molecule has 2 nitrogen and oxygen atoms in total. The van der Waals surface area contributed by atoms with Crippen LogP contribution in [0.3, 0.4) is 0 Å². The Hall–Kier alpha value is -2.09. The lowest BCUT2D eigenvalue weighted by atomic mass is 10.2. The summed E-state index contributed by atoms with van der Waals surface area (Å²) < 4.78 is 5.14. The highest BCUT2D eigenvalue weighted by atomic mass is 16.5. The van der Waals surface area contributed by atoms with Gasteiger partial charge in [-0.25, -0.2) is 4.79 Å². The molecule has 0 heterocycles. The number of hydrogen-bond donors (Lipinski definition) is 0. The molecule has 0 atom stereocenters. The molecule has 0 saturated carbocycles. The lowest BCUT2D eigenvalue weighted by molar-refractivity contribution is 0.0735. The molecule has 0 saturated heterocycles. The van der Waals surface area contributed by atoms with Gasteiger partial charge >= 0.3 is 5.97 Å². The average Bonchev–Trinajstić information content (AvgIpc) is 2.31. The maximum Gasteiger partial charge on any atom is 0.343 e. The van der Waals surface area contributed by atoms with Gasteiger partial charge in [-0.3, -0.25) is 0 Å². The zero-order chi connectivity index (χ0) is 10.5. The number of ether oxygens (including phenoxy) is 1. The molecule has 0 aliphatic rings. The Morgan fingerprint density at radius 1 is 1.00 bits per heavy atom. The average molecular weight is 197 g/mol. The lowest BCUT2D eigenvalue weighted by Crippen LogP contribution is -2.07. The number of hydrogen-bond acceptors (Lipinski definition) is 2. The second kappa shape index (κ2) is 4.42. The Morgan fingerprint density at radius 3 is 2.33 bits per heavy atom. The maximum absolute atomic E-state index is 11.6. The van der Waals surface area contributed by atoms with Crippen molar-refractivity contribution in [1.29, 1.82) is 0 Å². The fourth-order valence-corrected chi connectivity index (χ4v) is 1.18. The molecule has 2 rings (SSSR count). The van der Waals surface area contributed by atoms with E-state index < -0.39 is 0 Å². The van der Waals surface area contributed by atoms with Gasteiger partial charge in [-0.15, -0.1) is 0 Å². The smallest absolute Gasteiger partial charge is 0.343 e. The van der Waals surface area contributed by atoms with Crippen LogP contribution in [0, 0.1) is 6.07 Å². The molecule has 0 bridgehead atoms. The summed E-state index contributed by atoms with van der Waals surface area (Å²) in [7, 11) is 0. The molecular weight excluding hydrogens is 188 g/mol. The van der Waals surface area contributed by atoms with Crippen molar-refractivity contribution in [2.45, 2.75) is 0 Å². The quantitative estimate of drug-likeness (QED) is 0.546. The molecule has 0 aromatic heterocycles. The van der Waals surface area contributed by atoms with Crippen molar-refractivity contribution in [1.82, 2.24) is 0 Å². The molecule has 2 heteroatoms. The Balaban J connectivity index is 2.12. The largest absolute Gasteiger partial charge is 0.423 e. The molecule has 0 spiro atoms. The monoisotopic (exact) mass is 197 g/mol. The molecule has 0 fully saturated rings. The van der Waals surface area contributed by atoms with Gasteiger partial charge < -0.3 is 4.74 Å². The third-order valence-electron chi connectivity index (χ3n) is 1.91. The first-order valence-corrected chi connectivity index (χ1v) is 4.59. The normalized spacial score (nSPS) is 9.60. The minimum atomic E-state index is -0.346. The zero-order valence-electron chi connectivity index (χ0n) is 8.01. The van der Waals surface area contributed by atoms with E-state index in [4.69, 9.17) is 4.74 Å². The van der Waals surface area contributed by atoms with Gasteiger partial charge in [0.2, 0.25) is 0 Å². The van der Waals surface area contributed by atoms with E-state index in [2.05, 4.69) is 6.07 Å². The van der Waals surface area contributed by atoms with Crippen molar-refractivity contribution in [3.8, 4) is 5.75 Å². The summed E-state index contributed by atoms with van der Waals surface area (Å²) in [6, 6.07) is 18.5. The van der Waals surface area contributed by atoms with Crippen LogP contribution in [0.15, 0.2) is 54.6 Å². The van der Waals surface area contributed by atoms with Crippen LogP contribution < -0.4 is 4.74 Å². The third kappa shape index (κ3) is 2.44. The van der Waals surface area contributed by atoms with Gasteiger partial charge in [-0.05, 0) is 30.3 Å². The number of rotatable bonds is 2. The molecule has 0 unspecified atom stereocenters. The molecular formula is C13H9O2. The first kappa shape index (κ1) is 9.46. The maximum atomic E-state index is 11.6. The van der Waals surface area contributed by atoms with Crippen LogP contribution in [0.1, 0.15) is 10.4 Å². The second-order valence-corrected chi connectivity index (χ2v) is 2.99. The molecule has 2 aromatic carbocycles. The van der Waals surface area contributed by atoms with E-state index in [0.717, 1.165) is 0 Å². The fraction of sp³-hybridized carbons (Fsp3) is 0. The summed E-state index contributed by atoms with van der Waals surface area (Å²) >= 11 is 0.